The molecule has 0 radical (unpaired) electrons. The minimum absolute atomic E-state index is 0.0332. The summed E-state index contributed by atoms with van der Waals surface area (Å²) >= 11 is 0. The average Bonchev–Trinajstić information content (AvgIpc) is 3.41. The molecule has 0 spiro atoms. The Bertz CT molecular complexity index is 1160. The largest absolute Gasteiger partial charge is 0.342 e. The summed E-state index contributed by atoms with van der Waals surface area (Å²) < 4.78 is 4.94. The van der Waals surface area contributed by atoms with Gasteiger partial charge in [0.15, 0.2) is 5.82 Å². The first kappa shape index (κ1) is 17.6. The lowest BCUT2D eigenvalue weighted by molar-refractivity contribution is -0.130. The van der Waals surface area contributed by atoms with E-state index in [1.54, 1.807) is 13.1 Å². The Labute approximate surface area is 166 Å². The summed E-state index contributed by atoms with van der Waals surface area (Å²) in [6, 6.07) is 8.14. The number of piperidine rings is 1. The third-order valence-electron chi connectivity index (χ3n) is 5.95. The zero-order valence-corrected chi connectivity index (χ0v) is 15.9. The van der Waals surface area contributed by atoms with Crippen LogP contribution in [0.15, 0.2) is 34.0 Å². The zero-order chi connectivity index (χ0) is 20.0. The lowest BCUT2D eigenvalue weighted by atomic mass is 9.73. The van der Waals surface area contributed by atoms with E-state index < -0.39 is 5.92 Å². The van der Waals surface area contributed by atoms with Crippen molar-refractivity contribution in [1.29, 1.82) is 5.26 Å². The van der Waals surface area contributed by atoms with Gasteiger partial charge in [-0.15, -0.1) is 0 Å². The highest BCUT2D eigenvalue weighted by atomic mass is 16.6. The van der Waals surface area contributed by atoms with Crippen LogP contribution in [0.25, 0.3) is 11.0 Å². The van der Waals surface area contributed by atoms with Crippen molar-refractivity contribution in [3.05, 3.63) is 35.5 Å². The first-order chi connectivity index (χ1) is 14.2. The summed E-state index contributed by atoms with van der Waals surface area (Å²) in [5.74, 6) is -0.0310. The molecule has 146 valence electrons. The number of nitrogens with one attached hydrogen (secondary N) is 1. The summed E-state index contributed by atoms with van der Waals surface area (Å²) in [5.41, 5.74) is 3.81. The average molecular weight is 389 g/mol. The maximum Gasteiger partial charge on any atom is 0.219 e. The number of aromatic amines is 1. The number of rotatable bonds is 2. The quantitative estimate of drug-likeness (QED) is 0.718. The molecule has 1 saturated heterocycles. The van der Waals surface area contributed by atoms with Crippen LogP contribution < -0.4 is 0 Å². The van der Waals surface area contributed by atoms with Crippen LogP contribution in [-0.2, 0) is 4.79 Å². The summed E-state index contributed by atoms with van der Waals surface area (Å²) in [6.45, 7) is 2.91. The summed E-state index contributed by atoms with van der Waals surface area (Å²) in [7, 11) is 0. The van der Waals surface area contributed by atoms with Crippen LogP contribution in [-0.4, -0.2) is 50.1 Å². The normalized spacial score (nSPS) is 24.1. The number of nitrogens with zero attached hydrogens (tertiary/aromatic N) is 6. The highest BCUT2D eigenvalue weighted by molar-refractivity contribution is 5.97. The monoisotopic (exact) mass is 389 g/mol. The third-order valence-corrected chi connectivity index (χ3v) is 5.95. The van der Waals surface area contributed by atoms with Gasteiger partial charge in [-0.05, 0) is 34.8 Å². The smallest absolute Gasteiger partial charge is 0.219 e. The number of fused-ring (bicyclic) bond motifs is 2. The second-order valence-corrected chi connectivity index (χ2v) is 7.58. The highest BCUT2D eigenvalue weighted by Gasteiger charge is 2.41. The first-order valence-electron chi connectivity index (χ1n) is 9.65. The van der Waals surface area contributed by atoms with Crippen molar-refractivity contribution < 1.29 is 9.42 Å². The Balaban J connectivity index is 1.62. The summed E-state index contributed by atoms with van der Waals surface area (Å²) in [4.78, 5) is 18.6. The third kappa shape index (κ3) is 2.79. The first-order valence-corrected chi connectivity index (χ1v) is 9.65. The lowest BCUT2D eigenvalue weighted by Gasteiger charge is -2.37. The Morgan fingerprint density at radius 1 is 1.34 bits per heavy atom. The molecule has 3 unspecified atom stereocenters. The van der Waals surface area contributed by atoms with Crippen molar-refractivity contribution in [3.8, 4) is 6.07 Å². The van der Waals surface area contributed by atoms with Crippen LogP contribution >= 0.6 is 0 Å². The van der Waals surface area contributed by atoms with Gasteiger partial charge in [0.1, 0.15) is 11.0 Å². The number of hydrogen-bond donors (Lipinski definition) is 1. The van der Waals surface area contributed by atoms with E-state index in [1.165, 1.54) is 0 Å². The number of amides is 1. The van der Waals surface area contributed by atoms with E-state index in [1.807, 2.05) is 23.1 Å². The predicted octanol–water partition coefficient (Wildman–Crippen LogP) is 2.56. The standard InChI is InChI=1S/C20H19N7O2/c1-11(28)27-7-3-4-12(10-27)18-14(8-21)17(15-9-22-24-20(15)23-18)13-5-2-6-16-19(13)26-29-25-16/h2,5-6,9,12,14,17H,3-4,7,10H2,1H3,(H,22,24). The number of aromatic nitrogens is 4. The van der Waals surface area contributed by atoms with Gasteiger partial charge in [0.2, 0.25) is 5.91 Å². The second kappa shape index (κ2) is 6.81. The molecule has 3 aromatic rings. The number of H-pyrrole nitrogens is 1. The van der Waals surface area contributed by atoms with Crippen molar-refractivity contribution in [2.75, 3.05) is 13.1 Å². The van der Waals surface area contributed by atoms with E-state index in [-0.39, 0.29) is 17.7 Å². The molecular weight excluding hydrogens is 370 g/mol. The molecule has 9 heteroatoms. The topological polar surface area (TPSA) is 124 Å². The van der Waals surface area contributed by atoms with E-state index in [4.69, 9.17) is 9.62 Å². The van der Waals surface area contributed by atoms with Crippen LogP contribution in [0.5, 0.6) is 0 Å². The number of likely N-dealkylation sites (tertiary alicyclic amines) is 1. The number of benzene rings is 1. The Morgan fingerprint density at radius 3 is 3.07 bits per heavy atom. The Hall–Kier alpha value is -3.54. The molecule has 3 atom stereocenters. The minimum Gasteiger partial charge on any atom is -0.342 e. The molecule has 5 rings (SSSR count). The van der Waals surface area contributed by atoms with Crippen LogP contribution in [0.3, 0.4) is 0 Å². The molecule has 0 saturated carbocycles. The van der Waals surface area contributed by atoms with Gasteiger partial charge in [0, 0.05) is 43.1 Å². The summed E-state index contributed by atoms with van der Waals surface area (Å²) in [5, 5.41) is 25.3. The highest BCUT2D eigenvalue weighted by Crippen LogP contribution is 2.44. The van der Waals surface area contributed by atoms with Crippen LogP contribution in [0.2, 0.25) is 0 Å². The number of carbonyl (C=O) groups excluding carboxylic acids is 1. The fourth-order valence-corrected chi connectivity index (χ4v) is 4.57. The van der Waals surface area contributed by atoms with Crippen molar-refractivity contribution in [2.45, 2.75) is 25.7 Å². The fraction of sp³-hybridized carbons (Fsp3) is 0.400. The van der Waals surface area contributed by atoms with E-state index in [0.29, 0.717) is 23.4 Å². The fourth-order valence-electron chi connectivity index (χ4n) is 4.57. The van der Waals surface area contributed by atoms with E-state index in [9.17, 15) is 10.1 Å². The molecule has 1 fully saturated rings. The number of carbonyl (C=O) groups is 1. The van der Waals surface area contributed by atoms with Crippen molar-refractivity contribution in [1.82, 2.24) is 25.4 Å². The van der Waals surface area contributed by atoms with Crippen LogP contribution in [0.1, 0.15) is 36.8 Å². The zero-order valence-electron chi connectivity index (χ0n) is 15.9. The predicted molar refractivity (Wildman–Crippen MR) is 103 cm³/mol. The van der Waals surface area contributed by atoms with E-state index in [2.05, 4.69) is 26.6 Å². The molecule has 0 aliphatic carbocycles. The van der Waals surface area contributed by atoms with Gasteiger partial charge in [-0.2, -0.15) is 10.4 Å². The van der Waals surface area contributed by atoms with E-state index in [0.717, 1.165) is 36.2 Å². The van der Waals surface area contributed by atoms with Crippen LogP contribution in [0.4, 0.5) is 5.82 Å². The van der Waals surface area contributed by atoms with Crippen molar-refractivity contribution >= 4 is 28.5 Å². The molecule has 0 bridgehead atoms. The molecule has 2 aromatic heterocycles. The van der Waals surface area contributed by atoms with E-state index >= 15 is 0 Å². The Morgan fingerprint density at radius 2 is 2.24 bits per heavy atom. The van der Waals surface area contributed by atoms with Gasteiger partial charge in [-0.3, -0.25) is 9.89 Å². The molecule has 2 aliphatic rings. The molecule has 1 aromatic carbocycles. The van der Waals surface area contributed by atoms with Crippen LogP contribution in [0, 0.1) is 23.2 Å². The summed E-state index contributed by atoms with van der Waals surface area (Å²) in [6.07, 6.45) is 3.51. The van der Waals surface area contributed by atoms with Gasteiger partial charge in [0.05, 0.1) is 18.2 Å². The van der Waals surface area contributed by atoms with Crippen molar-refractivity contribution in [2.24, 2.45) is 16.8 Å². The van der Waals surface area contributed by atoms with Gasteiger partial charge < -0.3 is 4.90 Å². The number of nitriles is 1. The molecule has 4 heterocycles. The SMILES string of the molecule is CC(=O)N1CCCC(C2=Nc3[nH]ncc3C(c3cccc4nonc34)C2C#N)C1. The molecule has 9 nitrogen and oxygen atoms in total. The number of hydrogen-bond acceptors (Lipinski definition) is 7. The Kier molecular flexibility index (Phi) is 4.12. The molecular formula is C20H19N7O2. The maximum absolute atomic E-state index is 11.9. The van der Waals surface area contributed by atoms with Gasteiger partial charge in [0.25, 0.3) is 0 Å². The molecule has 1 amide bonds. The molecule has 29 heavy (non-hydrogen) atoms. The molecule has 2 aliphatic heterocycles. The minimum atomic E-state index is -0.487. The van der Waals surface area contributed by atoms with Gasteiger partial charge >= 0.3 is 0 Å². The van der Waals surface area contributed by atoms with Gasteiger partial charge in [-0.25, -0.2) is 9.62 Å². The molecule has 1 N–H and O–H groups in total. The van der Waals surface area contributed by atoms with Crippen molar-refractivity contribution in [3.63, 3.8) is 0 Å². The van der Waals surface area contributed by atoms with Gasteiger partial charge in [-0.1, -0.05) is 12.1 Å². The maximum atomic E-state index is 11.9. The number of aliphatic imine (C=N–C) groups is 1. The second-order valence-electron chi connectivity index (χ2n) is 7.58. The lowest BCUT2D eigenvalue weighted by Crippen LogP contribution is -2.44.